The van der Waals surface area contributed by atoms with E-state index in [4.69, 9.17) is 5.11 Å². The number of rotatable bonds is 0. The maximum Gasteiger partial charge on any atom is 0.101 e. The molecule has 1 heteroatoms. The van der Waals surface area contributed by atoms with E-state index in [1.165, 1.54) is 0 Å². The van der Waals surface area contributed by atoms with Gasteiger partial charge in [-0.15, -0.1) is 0 Å². The van der Waals surface area contributed by atoms with Crippen LogP contribution in [-0.4, -0.2) is 5.11 Å². The molecular weight excluding hydrogens is 52.0 g/mol. The van der Waals surface area contributed by atoms with Crippen LogP contribution >= 0.6 is 0 Å². The van der Waals surface area contributed by atoms with Gasteiger partial charge in [0.2, 0.25) is 0 Å². The fraction of sp³-hybridized carbons (Fsp3) is 0.333. The molecule has 0 atom stereocenters. The highest BCUT2D eigenvalue weighted by Gasteiger charge is 2.00. The van der Waals surface area contributed by atoms with Gasteiger partial charge in [-0.05, 0) is 0 Å². The molecule has 0 spiro atoms. The van der Waals surface area contributed by atoms with Gasteiger partial charge in [-0.2, -0.15) is 0 Å². The summed E-state index contributed by atoms with van der Waals surface area (Å²) in [7, 11) is 0. The summed E-state index contributed by atoms with van der Waals surface area (Å²) in [5, 5.41) is 7.97. The van der Waals surface area contributed by atoms with Crippen molar-refractivity contribution in [2.75, 3.05) is 0 Å². The lowest BCUT2D eigenvalue weighted by molar-refractivity contribution is 0.435. The van der Waals surface area contributed by atoms with Gasteiger partial charge < -0.3 is 5.11 Å². The summed E-state index contributed by atoms with van der Waals surface area (Å²) in [6.07, 6.45) is 3.28. The molecule has 0 fully saturated rings. The Morgan fingerprint density at radius 2 is 2.25 bits per heavy atom. The minimum absolute atomic E-state index is 0.417. The molecule has 1 nitrogen and oxygen atoms in total. The van der Waals surface area contributed by atoms with Crippen LogP contribution in [0.2, 0.25) is 0 Å². The van der Waals surface area contributed by atoms with Crippen LogP contribution in [-0.2, 0) is 0 Å². The maximum absolute atomic E-state index is 7.97. The van der Waals surface area contributed by atoms with Gasteiger partial charge in [0.15, 0.2) is 0 Å². The van der Waals surface area contributed by atoms with Crippen LogP contribution in [0.15, 0.2) is 5.76 Å². The zero-order valence-corrected chi connectivity index (χ0v) is 2.15. The minimum Gasteiger partial charge on any atom is -0.512 e. The highest BCUT2D eigenvalue weighted by molar-refractivity contribution is 5.03. The lowest BCUT2D eigenvalue weighted by Gasteiger charge is -1.53. The summed E-state index contributed by atoms with van der Waals surface area (Å²) in [4.78, 5) is 0. The Bertz CT molecular complexity index is 54.3. The number of aliphatic hydroxyl groups is 1. The van der Waals surface area contributed by atoms with E-state index in [9.17, 15) is 0 Å². The van der Waals surface area contributed by atoms with Gasteiger partial charge in [0.05, 0.1) is 0 Å². The molecule has 0 aromatic heterocycles. The van der Waals surface area contributed by atoms with Gasteiger partial charge >= 0.3 is 0 Å². The van der Waals surface area contributed by atoms with Gasteiger partial charge in [0, 0.05) is 12.5 Å². The number of aliphatic hydroxyl groups excluding tert-OH is 1. The first kappa shape index (κ1) is 1.82. The van der Waals surface area contributed by atoms with E-state index >= 15 is 0 Å². The van der Waals surface area contributed by atoms with Crippen LogP contribution < -0.4 is 0 Å². The van der Waals surface area contributed by atoms with Crippen LogP contribution in [0.3, 0.4) is 0 Å². The number of hydrogen-bond donors (Lipinski definition) is 1. The van der Waals surface area contributed by atoms with Crippen LogP contribution in [0, 0.1) is 6.08 Å². The summed E-state index contributed by atoms with van der Waals surface area (Å²) < 4.78 is 0. The van der Waals surface area contributed by atoms with E-state index in [0.717, 1.165) is 0 Å². The van der Waals surface area contributed by atoms with E-state index in [1.807, 2.05) is 0 Å². The molecule has 0 amide bonds. The third kappa shape index (κ3) is 0.0696. The van der Waals surface area contributed by atoms with Gasteiger partial charge in [0.1, 0.15) is 5.76 Å². The summed E-state index contributed by atoms with van der Waals surface area (Å²) in [6, 6.07) is 0. The summed E-state index contributed by atoms with van der Waals surface area (Å²) in [6.45, 7) is 0. The predicted molar refractivity (Wildman–Crippen MR) is 14.0 cm³/mol. The molecule has 0 heterocycles. The Kier molecular flexibility index (Phi) is 0.133. The summed E-state index contributed by atoms with van der Waals surface area (Å²) >= 11 is 0. The van der Waals surface area contributed by atoms with Gasteiger partial charge in [-0.25, -0.2) is 0 Å². The summed E-state index contributed by atoms with van der Waals surface area (Å²) in [5.41, 5.74) is 0. The second kappa shape index (κ2) is 0.292. The molecule has 0 saturated heterocycles. The van der Waals surface area contributed by atoms with Crippen molar-refractivity contribution in [3.63, 3.8) is 0 Å². The van der Waals surface area contributed by atoms with Crippen molar-refractivity contribution in [2.24, 2.45) is 0 Å². The first-order valence-corrected chi connectivity index (χ1v) is 1.18. The Labute approximate surface area is 24.6 Å². The van der Waals surface area contributed by atoms with Crippen molar-refractivity contribution in [3.8, 4) is 0 Å². The van der Waals surface area contributed by atoms with Crippen LogP contribution in [0.25, 0.3) is 0 Å². The normalized spacial score (nSPS) is 19.5. The molecule has 21 valence electrons. The molecule has 1 N–H and O–H groups in total. The second-order valence-electron chi connectivity index (χ2n) is 0.800. The average molecular weight is 55.1 g/mol. The topological polar surface area (TPSA) is 20.2 Å². The van der Waals surface area contributed by atoms with Crippen LogP contribution in [0.4, 0.5) is 0 Å². The summed E-state index contributed by atoms with van der Waals surface area (Å²) in [5.74, 6) is 0.417. The van der Waals surface area contributed by atoms with E-state index in [1.54, 1.807) is 0 Å². The molecule has 1 rings (SSSR count). The zero-order chi connectivity index (χ0) is 2.99. The monoisotopic (exact) mass is 55.0 g/mol. The SMILES string of the molecule is OC1=[C]C1. The van der Waals surface area contributed by atoms with Crippen LogP contribution in [0.5, 0.6) is 0 Å². The van der Waals surface area contributed by atoms with Gasteiger partial charge in [-0.1, -0.05) is 0 Å². The van der Waals surface area contributed by atoms with Gasteiger partial charge in [0.25, 0.3) is 0 Å². The molecule has 0 aliphatic heterocycles. The Balaban J connectivity index is 2.54. The van der Waals surface area contributed by atoms with Crippen molar-refractivity contribution < 1.29 is 5.11 Å². The molecule has 1 aliphatic rings. The molecule has 1 radical (unpaired) electrons. The quantitative estimate of drug-likeness (QED) is 0.431. The molecular formula is C3H3O. The third-order valence-corrected chi connectivity index (χ3v) is 0.335. The van der Waals surface area contributed by atoms with Crippen molar-refractivity contribution in [3.05, 3.63) is 11.8 Å². The lowest BCUT2D eigenvalue weighted by Crippen LogP contribution is -1.40. The third-order valence-electron chi connectivity index (χ3n) is 0.335. The maximum atomic E-state index is 7.97. The second-order valence-corrected chi connectivity index (χ2v) is 0.800. The highest BCUT2D eigenvalue weighted by atomic mass is 16.3. The van der Waals surface area contributed by atoms with E-state index in [0.29, 0.717) is 12.2 Å². The standard InChI is InChI=1S/C3H3O/c4-3-1-2-3/h4H,1H2. The molecule has 0 aromatic carbocycles. The fourth-order valence-electron chi connectivity index (χ4n) is 0.0395. The van der Waals surface area contributed by atoms with Crippen molar-refractivity contribution in [2.45, 2.75) is 6.42 Å². The lowest BCUT2D eigenvalue weighted by atomic mass is 10.9. The Morgan fingerprint density at radius 3 is 2.25 bits per heavy atom. The highest BCUT2D eigenvalue weighted by Crippen LogP contribution is 2.09. The number of hydrogen-bond acceptors (Lipinski definition) is 1. The van der Waals surface area contributed by atoms with E-state index in [2.05, 4.69) is 6.08 Å². The predicted octanol–water partition coefficient (Wildman–Crippen LogP) is 0.635. The van der Waals surface area contributed by atoms with Crippen molar-refractivity contribution >= 4 is 0 Å². The van der Waals surface area contributed by atoms with Crippen molar-refractivity contribution in [1.29, 1.82) is 0 Å². The zero-order valence-electron chi connectivity index (χ0n) is 2.15. The molecule has 0 bridgehead atoms. The first-order valence-electron chi connectivity index (χ1n) is 1.18. The smallest absolute Gasteiger partial charge is 0.101 e. The van der Waals surface area contributed by atoms with Gasteiger partial charge in [-0.3, -0.25) is 0 Å². The Hall–Kier alpha value is -0.460. The van der Waals surface area contributed by atoms with Crippen molar-refractivity contribution in [1.82, 2.24) is 0 Å². The molecule has 0 aromatic rings. The van der Waals surface area contributed by atoms with E-state index < -0.39 is 0 Å². The van der Waals surface area contributed by atoms with Crippen LogP contribution in [0.1, 0.15) is 6.42 Å². The van der Waals surface area contributed by atoms with E-state index in [-0.39, 0.29) is 0 Å². The molecule has 0 saturated carbocycles. The Morgan fingerprint density at radius 1 is 2.00 bits per heavy atom. The molecule has 1 aliphatic carbocycles. The fourth-order valence-corrected chi connectivity index (χ4v) is 0.0395. The average Bonchev–Trinajstić information content (AvgIpc) is 1.75. The molecule has 0 unspecified atom stereocenters. The minimum atomic E-state index is 0.417. The largest absolute Gasteiger partial charge is 0.512 e. The number of allylic oxidation sites excluding steroid dienone is 2. The molecule has 4 heavy (non-hydrogen) atoms. The first-order chi connectivity index (χ1) is 1.89.